The van der Waals surface area contributed by atoms with E-state index in [1.54, 1.807) is 4.90 Å². The summed E-state index contributed by atoms with van der Waals surface area (Å²) in [7, 11) is 0. The van der Waals surface area contributed by atoms with Crippen LogP contribution in [0.3, 0.4) is 0 Å². The van der Waals surface area contributed by atoms with Gasteiger partial charge in [-0.25, -0.2) is 0 Å². The van der Waals surface area contributed by atoms with Crippen molar-refractivity contribution in [2.24, 2.45) is 0 Å². The molecule has 1 aliphatic carbocycles. The first-order valence-corrected chi connectivity index (χ1v) is 8.79. The number of ketones is 1. The molecule has 8 nitrogen and oxygen atoms in total. The van der Waals surface area contributed by atoms with Crippen LogP contribution in [-0.4, -0.2) is 63.2 Å². The average Bonchev–Trinajstić information content (AvgIpc) is 3.00. The summed E-state index contributed by atoms with van der Waals surface area (Å²) in [5, 5.41) is 20.3. The first kappa shape index (κ1) is 18.0. The minimum Gasteiger partial charge on any atom is -0.418 e. The minimum atomic E-state index is -0.549. The number of aromatic nitrogens is 2. The lowest BCUT2D eigenvalue weighted by atomic mass is 9.97. The number of amides is 1. The zero-order valence-electron chi connectivity index (χ0n) is 15.0. The van der Waals surface area contributed by atoms with Gasteiger partial charge in [-0.2, -0.15) is 0 Å². The summed E-state index contributed by atoms with van der Waals surface area (Å²) in [4.78, 5) is 26.8. The summed E-state index contributed by atoms with van der Waals surface area (Å²) >= 11 is 0. The van der Waals surface area contributed by atoms with E-state index in [1.165, 1.54) is 0 Å². The molecule has 3 rings (SSSR count). The molecule has 8 heteroatoms. The summed E-state index contributed by atoms with van der Waals surface area (Å²) in [6.07, 6.45) is 3.11. The summed E-state index contributed by atoms with van der Waals surface area (Å²) in [6.45, 7) is 6.49. The number of nitrogens with one attached hydrogen (secondary N) is 1. The number of likely N-dealkylation sites (tertiary alicyclic amines) is 1. The second-order valence-electron chi connectivity index (χ2n) is 8.06. The molecule has 1 aliphatic heterocycles. The molecule has 2 N–H and O–H groups in total. The van der Waals surface area contributed by atoms with Gasteiger partial charge in [0.05, 0.1) is 13.2 Å². The fourth-order valence-electron chi connectivity index (χ4n) is 3.01. The average molecular weight is 350 g/mol. The lowest BCUT2D eigenvalue weighted by molar-refractivity contribution is -0.130. The molecule has 2 aliphatic rings. The van der Waals surface area contributed by atoms with Crippen LogP contribution < -0.4 is 5.32 Å². The Bertz CT molecular complexity index is 660. The third kappa shape index (κ3) is 3.74. The molecule has 138 valence electrons. The minimum absolute atomic E-state index is 0.0280. The van der Waals surface area contributed by atoms with E-state index >= 15 is 0 Å². The number of Topliss-reactive ketones (excluding diaryl/α,β-unsaturated/α-hetero) is 1. The summed E-state index contributed by atoms with van der Waals surface area (Å²) in [5.74, 6) is -0.0492. The molecular weight excluding hydrogens is 324 g/mol. The van der Waals surface area contributed by atoms with Gasteiger partial charge in [-0.3, -0.25) is 9.59 Å². The van der Waals surface area contributed by atoms with E-state index in [4.69, 9.17) is 4.42 Å². The summed E-state index contributed by atoms with van der Waals surface area (Å²) in [6, 6.07) is -0.549. The number of aliphatic hydroxyl groups excluding tert-OH is 1. The normalized spacial score (nSPS) is 22.2. The third-order valence-electron chi connectivity index (χ3n) is 4.92. The topological polar surface area (TPSA) is 109 Å². The van der Waals surface area contributed by atoms with Crippen LogP contribution >= 0.6 is 0 Å². The van der Waals surface area contributed by atoms with Gasteiger partial charge in [0, 0.05) is 17.5 Å². The number of carbonyl (C=O) groups is 2. The first-order valence-electron chi connectivity index (χ1n) is 8.79. The van der Waals surface area contributed by atoms with E-state index < -0.39 is 6.04 Å². The molecule has 1 saturated heterocycles. The maximum atomic E-state index is 12.7. The predicted octanol–water partition coefficient (Wildman–Crippen LogP) is 0.655. The van der Waals surface area contributed by atoms with Gasteiger partial charge in [0.2, 0.25) is 17.6 Å². The van der Waals surface area contributed by atoms with Gasteiger partial charge in [-0.1, -0.05) is 20.8 Å². The van der Waals surface area contributed by atoms with E-state index in [0.29, 0.717) is 18.9 Å². The molecule has 1 saturated carbocycles. The Morgan fingerprint density at radius 3 is 2.64 bits per heavy atom. The maximum Gasteiger partial charge on any atom is 0.286 e. The number of carbonyl (C=O) groups excluding carboxylic acids is 2. The van der Waals surface area contributed by atoms with Crippen LogP contribution in [0, 0.1) is 0 Å². The molecule has 25 heavy (non-hydrogen) atoms. The lowest BCUT2D eigenvalue weighted by Crippen LogP contribution is -2.47. The van der Waals surface area contributed by atoms with Crippen LogP contribution in [-0.2, 0) is 10.2 Å². The zero-order valence-corrected chi connectivity index (χ0v) is 15.0. The van der Waals surface area contributed by atoms with Gasteiger partial charge in [0.25, 0.3) is 5.89 Å². The highest BCUT2D eigenvalue weighted by Crippen LogP contribution is 2.34. The van der Waals surface area contributed by atoms with Gasteiger partial charge >= 0.3 is 0 Å². The number of rotatable bonds is 6. The van der Waals surface area contributed by atoms with Gasteiger partial charge in [-0.15, -0.1) is 10.2 Å². The second-order valence-corrected chi connectivity index (χ2v) is 8.06. The molecule has 2 fully saturated rings. The molecule has 1 aromatic heterocycles. The molecule has 2 heterocycles. The van der Waals surface area contributed by atoms with Crippen molar-refractivity contribution in [2.45, 2.75) is 63.5 Å². The zero-order chi connectivity index (χ0) is 18.2. The molecule has 0 bridgehead atoms. The van der Waals surface area contributed by atoms with Crippen molar-refractivity contribution in [2.75, 3.05) is 19.7 Å². The Kier molecular flexibility index (Phi) is 4.68. The van der Waals surface area contributed by atoms with Crippen molar-refractivity contribution in [1.29, 1.82) is 0 Å². The Balaban J connectivity index is 1.65. The largest absolute Gasteiger partial charge is 0.418 e. The van der Waals surface area contributed by atoms with Crippen LogP contribution in [0.5, 0.6) is 0 Å². The molecule has 0 spiro atoms. The molecule has 1 unspecified atom stereocenters. The predicted molar refractivity (Wildman–Crippen MR) is 89.1 cm³/mol. The van der Waals surface area contributed by atoms with Crippen molar-refractivity contribution < 1.29 is 19.1 Å². The molecule has 1 amide bonds. The molecule has 0 radical (unpaired) electrons. The van der Waals surface area contributed by atoms with Crippen molar-refractivity contribution in [3.8, 4) is 0 Å². The fraction of sp³-hybridized carbons (Fsp3) is 0.765. The maximum absolute atomic E-state index is 12.7. The van der Waals surface area contributed by atoms with E-state index in [2.05, 4.69) is 15.5 Å². The van der Waals surface area contributed by atoms with Crippen LogP contribution in [0.2, 0.25) is 0 Å². The standard InChI is InChI=1S/C17H26N4O4/c1-16(2,3)15-20-19-14(25-15)13(24)11-5-4-8-21(11)12(23)9-18-17(10-22)6-7-17/h11,18,22H,4-10H2,1-3H3. The number of hydrogen-bond donors (Lipinski definition) is 2. The fourth-order valence-corrected chi connectivity index (χ4v) is 3.01. The first-order chi connectivity index (χ1) is 11.8. The van der Waals surface area contributed by atoms with Crippen molar-refractivity contribution in [3.05, 3.63) is 11.8 Å². The summed E-state index contributed by atoms with van der Waals surface area (Å²) in [5.41, 5.74) is -0.632. The highest BCUT2D eigenvalue weighted by molar-refractivity contribution is 5.98. The van der Waals surface area contributed by atoms with Crippen LogP contribution in [0.25, 0.3) is 0 Å². The Morgan fingerprint density at radius 2 is 2.08 bits per heavy atom. The van der Waals surface area contributed by atoms with E-state index in [0.717, 1.165) is 19.3 Å². The second kappa shape index (κ2) is 6.49. The SMILES string of the molecule is CC(C)(C)c1nnc(C(=O)C2CCCN2C(=O)CNC2(CO)CC2)o1. The van der Waals surface area contributed by atoms with Crippen molar-refractivity contribution >= 4 is 11.7 Å². The van der Waals surface area contributed by atoms with E-state index in [-0.39, 0.29) is 41.7 Å². The van der Waals surface area contributed by atoms with Crippen molar-refractivity contribution in [3.63, 3.8) is 0 Å². The number of nitrogens with zero attached hydrogens (tertiary/aromatic N) is 3. The Hall–Kier alpha value is -1.80. The summed E-state index contributed by atoms with van der Waals surface area (Å²) < 4.78 is 5.53. The monoisotopic (exact) mass is 350 g/mol. The van der Waals surface area contributed by atoms with Crippen LogP contribution in [0.1, 0.15) is 63.0 Å². The van der Waals surface area contributed by atoms with Crippen LogP contribution in [0.4, 0.5) is 0 Å². The van der Waals surface area contributed by atoms with E-state index in [9.17, 15) is 14.7 Å². The number of hydrogen-bond acceptors (Lipinski definition) is 7. The van der Waals surface area contributed by atoms with Gasteiger partial charge < -0.3 is 19.7 Å². The Labute approximate surface area is 147 Å². The highest BCUT2D eigenvalue weighted by atomic mass is 16.4. The third-order valence-corrected chi connectivity index (χ3v) is 4.92. The Morgan fingerprint density at radius 1 is 1.36 bits per heavy atom. The van der Waals surface area contributed by atoms with E-state index in [1.807, 2.05) is 20.8 Å². The molecule has 1 atom stereocenters. The highest BCUT2D eigenvalue weighted by Gasteiger charge is 2.43. The van der Waals surface area contributed by atoms with Gasteiger partial charge in [0.1, 0.15) is 6.04 Å². The quantitative estimate of drug-likeness (QED) is 0.725. The lowest BCUT2D eigenvalue weighted by Gasteiger charge is -2.24. The van der Waals surface area contributed by atoms with Crippen molar-refractivity contribution in [1.82, 2.24) is 20.4 Å². The molecule has 1 aromatic rings. The van der Waals surface area contributed by atoms with Gasteiger partial charge in [0.15, 0.2) is 0 Å². The smallest absolute Gasteiger partial charge is 0.286 e. The van der Waals surface area contributed by atoms with Crippen LogP contribution in [0.15, 0.2) is 4.42 Å². The number of aliphatic hydroxyl groups is 1. The van der Waals surface area contributed by atoms with Gasteiger partial charge in [-0.05, 0) is 25.7 Å². The molecule has 0 aromatic carbocycles. The molecular formula is C17H26N4O4.